The highest BCUT2D eigenvalue weighted by Crippen LogP contribution is 2.31. The highest BCUT2D eigenvalue weighted by Gasteiger charge is 2.31. The van der Waals surface area contributed by atoms with Gasteiger partial charge in [-0.2, -0.15) is 0 Å². The Morgan fingerprint density at radius 2 is 1.86 bits per heavy atom. The van der Waals surface area contributed by atoms with Crippen LogP contribution in [0.1, 0.15) is 62.1 Å². The minimum absolute atomic E-state index is 0.0359. The van der Waals surface area contributed by atoms with Crippen LogP contribution in [0, 0.1) is 0 Å². The molecule has 3 heterocycles. The monoisotopic (exact) mass is 485 g/mol. The molecular weight excluding hydrogens is 450 g/mol. The van der Waals surface area contributed by atoms with Crippen molar-refractivity contribution in [3.05, 3.63) is 76.3 Å². The molecule has 6 heteroatoms. The fourth-order valence-electron chi connectivity index (χ4n) is 5.50. The molecule has 36 heavy (non-hydrogen) atoms. The van der Waals surface area contributed by atoms with E-state index < -0.39 is 5.63 Å². The SMILES string of the molecule is CCCCCc1ccc(C(=O)N2CCCC2CNc2ccc3c(c2)c2ccccc2n3CC)c(=O)o1. The molecule has 1 saturated heterocycles. The number of unbranched alkanes of at least 4 members (excludes halogenated alkanes) is 2. The van der Waals surface area contributed by atoms with E-state index in [4.69, 9.17) is 4.42 Å². The van der Waals surface area contributed by atoms with Gasteiger partial charge in [0.1, 0.15) is 11.3 Å². The summed E-state index contributed by atoms with van der Waals surface area (Å²) in [6.45, 7) is 6.53. The smallest absolute Gasteiger partial charge is 0.348 e. The Morgan fingerprint density at radius 3 is 2.67 bits per heavy atom. The van der Waals surface area contributed by atoms with Crippen LogP contribution in [0.2, 0.25) is 0 Å². The number of fused-ring (bicyclic) bond motifs is 3. The summed E-state index contributed by atoms with van der Waals surface area (Å²) in [6.07, 6.45) is 5.77. The summed E-state index contributed by atoms with van der Waals surface area (Å²) >= 11 is 0. The molecule has 0 spiro atoms. The number of nitrogens with one attached hydrogen (secondary N) is 1. The second kappa shape index (κ2) is 10.6. The summed E-state index contributed by atoms with van der Waals surface area (Å²) in [5.74, 6) is 0.430. The van der Waals surface area contributed by atoms with Crippen molar-refractivity contribution in [2.75, 3.05) is 18.4 Å². The number of amides is 1. The van der Waals surface area contributed by atoms with Crippen LogP contribution in [0.15, 0.2) is 63.8 Å². The average Bonchev–Trinajstić information content (AvgIpc) is 3.49. The number of carbonyl (C=O) groups is 1. The first kappa shape index (κ1) is 24.2. The number of hydrogen-bond donors (Lipinski definition) is 1. The summed E-state index contributed by atoms with van der Waals surface area (Å²) in [6, 6.07) is 18.5. The number of nitrogens with zero attached hydrogens (tertiary/aromatic N) is 2. The number of benzene rings is 2. The van der Waals surface area contributed by atoms with E-state index in [1.807, 2.05) is 4.90 Å². The molecule has 1 N–H and O–H groups in total. The number of para-hydroxylation sites is 1. The van der Waals surface area contributed by atoms with E-state index in [0.717, 1.165) is 50.8 Å². The Bertz CT molecular complexity index is 1430. The topological polar surface area (TPSA) is 67.5 Å². The third-order valence-electron chi connectivity index (χ3n) is 7.41. The van der Waals surface area contributed by atoms with E-state index in [2.05, 4.69) is 66.2 Å². The number of anilines is 1. The summed E-state index contributed by atoms with van der Waals surface area (Å²) in [4.78, 5) is 27.7. The van der Waals surface area contributed by atoms with Crippen molar-refractivity contribution in [3.63, 3.8) is 0 Å². The van der Waals surface area contributed by atoms with Gasteiger partial charge in [0.2, 0.25) is 0 Å². The second-order valence-corrected chi connectivity index (χ2v) is 9.73. The Kier molecular flexibility index (Phi) is 7.12. The standard InChI is InChI=1S/C30H35N3O3/c1-3-5-6-11-23-15-16-25(30(35)36-23)29(34)33-18-9-10-22(33)20-31-21-14-17-28-26(19-21)24-12-7-8-13-27(24)32(28)4-2/h7-8,12-17,19,22,31H,3-6,9-11,18,20H2,1-2H3. The molecule has 1 aliphatic heterocycles. The van der Waals surface area contributed by atoms with Crippen molar-refractivity contribution in [3.8, 4) is 0 Å². The maximum atomic E-state index is 13.3. The lowest BCUT2D eigenvalue weighted by molar-refractivity contribution is 0.0738. The highest BCUT2D eigenvalue weighted by molar-refractivity contribution is 6.09. The molecule has 2 aromatic heterocycles. The summed E-state index contributed by atoms with van der Waals surface area (Å²) in [5, 5.41) is 6.04. The summed E-state index contributed by atoms with van der Waals surface area (Å²) in [7, 11) is 0. The van der Waals surface area contributed by atoms with Gasteiger partial charge in [0.15, 0.2) is 0 Å². The Hall–Kier alpha value is -3.54. The van der Waals surface area contributed by atoms with E-state index >= 15 is 0 Å². The van der Waals surface area contributed by atoms with Crippen LogP contribution < -0.4 is 10.9 Å². The first-order valence-corrected chi connectivity index (χ1v) is 13.3. The third kappa shape index (κ3) is 4.64. The zero-order valence-electron chi connectivity index (χ0n) is 21.3. The number of likely N-dealkylation sites (tertiary alicyclic amines) is 1. The van der Waals surface area contributed by atoms with Crippen LogP contribution in [-0.2, 0) is 13.0 Å². The van der Waals surface area contributed by atoms with E-state index in [1.165, 1.54) is 21.8 Å². The van der Waals surface area contributed by atoms with Crippen molar-refractivity contribution in [1.82, 2.24) is 9.47 Å². The molecule has 0 radical (unpaired) electrons. The fourth-order valence-corrected chi connectivity index (χ4v) is 5.50. The largest absolute Gasteiger partial charge is 0.427 e. The lowest BCUT2D eigenvalue weighted by atomic mass is 10.1. The molecule has 1 fully saturated rings. The minimum atomic E-state index is -0.523. The van der Waals surface area contributed by atoms with Crippen molar-refractivity contribution in [2.24, 2.45) is 0 Å². The number of hydrogen-bond acceptors (Lipinski definition) is 4. The van der Waals surface area contributed by atoms with Gasteiger partial charge in [-0.25, -0.2) is 4.79 Å². The predicted octanol–water partition coefficient (Wildman–Crippen LogP) is 6.22. The molecular formula is C30H35N3O3. The normalized spacial score (nSPS) is 15.7. The zero-order chi connectivity index (χ0) is 25.1. The van der Waals surface area contributed by atoms with E-state index in [9.17, 15) is 9.59 Å². The quantitative estimate of drug-likeness (QED) is 0.286. The van der Waals surface area contributed by atoms with Gasteiger partial charge in [0.25, 0.3) is 5.91 Å². The Morgan fingerprint density at radius 1 is 1.03 bits per heavy atom. The van der Waals surface area contributed by atoms with Crippen LogP contribution in [-0.4, -0.2) is 34.5 Å². The molecule has 1 aliphatic rings. The third-order valence-corrected chi connectivity index (χ3v) is 7.41. The molecule has 4 aromatic rings. The van der Waals surface area contributed by atoms with Gasteiger partial charge in [-0.3, -0.25) is 4.79 Å². The number of rotatable bonds is 9. The minimum Gasteiger partial charge on any atom is -0.427 e. The molecule has 0 bridgehead atoms. The first-order chi connectivity index (χ1) is 17.6. The Labute approximate surface area is 211 Å². The lowest BCUT2D eigenvalue weighted by Crippen LogP contribution is -2.41. The van der Waals surface area contributed by atoms with Gasteiger partial charge in [0.05, 0.1) is 0 Å². The van der Waals surface area contributed by atoms with Crippen LogP contribution in [0.3, 0.4) is 0 Å². The maximum absolute atomic E-state index is 13.3. The highest BCUT2D eigenvalue weighted by atomic mass is 16.4. The molecule has 188 valence electrons. The van der Waals surface area contributed by atoms with Gasteiger partial charge in [-0.1, -0.05) is 38.0 Å². The predicted molar refractivity (Wildman–Crippen MR) is 146 cm³/mol. The van der Waals surface area contributed by atoms with Gasteiger partial charge in [-0.15, -0.1) is 0 Å². The van der Waals surface area contributed by atoms with Gasteiger partial charge in [0, 0.05) is 59.6 Å². The van der Waals surface area contributed by atoms with Crippen LogP contribution >= 0.6 is 0 Å². The molecule has 1 amide bonds. The zero-order valence-corrected chi connectivity index (χ0v) is 21.3. The van der Waals surface area contributed by atoms with Gasteiger partial charge >= 0.3 is 5.63 Å². The van der Waals surface area contributed by atoms with E-state index in [0.29, 0.717) is 18.8 Å². The molecule has 5 rings (SSSR count). The number of aryl methyl sites for hydroxylation is 2. The summed E-state index contributed by atoms with van der Waals surface area (Å²) < 4.78 is 7.81. The van der Waals surface area contributed by atoms with Crippen LogP contribution in [0.25, 0.3) is 21.8 Å². The van der Waals surface area contributed by atoms with Gasteiger partial charge in [-0.05, 0) is 62.6 Å². The average molecular weight is 486 g/mol. The molecule has 6 nitrogen and oxygen atoms in total. The first-order valence-electron chi connectivity index (χ1n) is 13.3. The Balaban J connectivity index is 1.30. The molecule has 1 atom stereocenters. The number of carbonyl (C=O) groups excluding carboxylic acids is 1. The fraction of sp³-hybridized carbons (Fsp3) is 0.400. The van der Waals surface area contributed by atoms with Gasteiger partial charge < -0.3 is 19.2 Å². The molecule has 1 unspecified atom stereocenters. The van der Waals surface area contributed by atoms with E-state index in [-0.39, 0.29) is 17.5 Å². The second-order valence-electron chi connectivity index (χ2n) is 9.73. The maximum Gasteiger partial charge on any atom is 0.348 e. The summed E-state index contributed by atoms with van der Waals surface area (Å²) in [5.41, 5.74) is 3.12. The van der Waals surface area contributed by atoms with Crippen molar-refractivity contribution < 1.29 is 9.21 Å². The van der Waals surface area contributed by atoms with E-state index in [1.54, 1.807) is 12.1 Å². The molecule has 2 aromatic carbocycles. The lowest BCUT2D eigenvalue weighted by Gasteiger charge is -2.25. The van der Waals surface area contributed by atoms with Crippen molar-refractivity contribution >= 4 is 33.4 Å². The van der Waals surface area contributed by atoms with Crippen LogP contribution in [0.5, 0.6) is 0 Å². The molecule has 0 saturated carbocycles. The van der Waals surface area contributed by atoms with Crippen molar-refractivity contribution in [1.29, 1.82) is 0 Å². The van der Waals surface area contributed by atoms with Crippen molar-refractivity contribution in [2.45, 2.75) is 65.0 Å². The molecule has 0 aliphatic carbocycles. The number of aromatic nitrogens is 1. The van der Waals surface area contributed by atoms with Crippen LogP contribution in [0.4, 0.5) is 5.69 Å².